The summed E-state index contributed by atoms with van der Waals surface area (Å²) < 4.78 is 1.72. The van der Waals surface area contributed by atoms with Gasteiger partial charge in [-0.1, -0.05) is 0 Å². The average Bonchev–Trinajstić information content (AvgIpc) is 2.66. The molecular formula is C10H10N4O. The number of amides is 1. The van der Waals surface area contributed by atoms with Gasteiger partial charge in [-0.3, -0.25) is 9.48 Å². The highest BCUT2D eigenvalue weighted by atomic mass is 16.1. The zero-order valence-electron chi connectivity index (χ0n) is 8.21. The molecular weight excluding hydrogens is 192 g/mol. The van der Waals surface area contributed by atoms with Gasteiger partial charge in [0.05, 0.1) is 6.20 Å². The van der Waals surface area contributed by atoms with Crippen molar-refractivity contribution in [2.75, 3.05) is 5.32 Å². The van der Waals surface area contributed by atoms with Gasteiger partial charge in [-0.15, -0.1) is 0 Å². The van der Waals surface area contributed by atoms with Gasteiger partial charge in [0, 0.05) is 25.0 Å². The van der Waals surface area contributed by atoms with Crippen LogP contribution >= 0.6 is 0 Å². The maximum atomic E-state index is 10.3. The molecule has 2 heterocycles. The summed E-state index contributed by atoms with van der Waals surface area (Å²) in [5.74, 6) is 0.534. The Balaban J connectivity index is 2.36. The second kappa shape index (κ2) is 3.91. The molecule has 0 saturated carbocycles. The van der Waals surface area contributed by atoms with Gasteiger partial charge in [-0.25, -0.2) is 4.98 Å². The number of rotatable bonds is 3. The monoisotopic (exact) mass is 202 g/mol. The Bertz CT molecular complexity index is 478. The van der Waals surface area contributed by atoms with Crippen LogP contribution in [-0.4, -0.2) is 21.2 Å². The van der Waals surface area contributed by atoms with E-state index in [0.717, 1.165) is 11.1 Å². The van der Waals surface area contributed by atoms with Crippen molar-refractivity contribution in [2.45, 2.75) is 0 Å². The van der Waals surface area contributed by atoms with Crippen LogP contribution < -0.4 is 5.32 Å². The lowest BCUT2D eigenvalue weighted by atomic mass is 10.1. The lowest BCUT2D eigenvalue weighted by Crippen LogP contribution is -1.96. The minimum absolute atomic E-state index is 0.534. The van der Waals surface area contributed by atoms with E-state index in [0.29, 0.717) is 12.2 Å². The van der Waals surface area contributed by atoms with Gasteiger partial charge in [0.25, 0.3) is 0 Å². The average molecular weight is 202 g/mol. The first kappa shape index (κ1) is 9.39. The summed E-state index contributed by atoms with van der Waals surface area (Å²) in [5, 5.41) is 6.58. The topological polar surface area (TPSA) is 59.8 Å². The molecule has 0 aliphatic carbocycles. The molecule has 1 amide bonds. The van der Waals surface area contributed by atoms with Gasteiger partial charge in [-0.05, 0) is 17.7 Å². The minimum atomic E-state index is 0.534. The Labute approximate surface area is 86.8 Å². The summed E-state index contributed by atoms with van der Waals surface area (Å²) in [4.78, 5) is 14.3. The van der Waals surface area contributed by atoms with E-state index >= 15 is 0 Å². The van der Waals surface area contributed by atoms with E-state index in [1.165, 1.54) is 0 Å². The summed E-state index contributed by atoms with van der Waals surface area (Å²) in [6.45, 7) is 0. The zero-order valence-corrected chi connectivity index (χ0v) is 8.21. The maximum Gasteiger partial charge on any atom is 0.212 e. The molecule has 0 aliphatic rings. The van der Waals surface area contributed by atoms with Gasteiger partial charge >= 0.3 is 0 Å². The summed E-state index contributed by atoms with van der Waals surface area (Å²) >= 11 is 0. The number of carbonyl (C=O) groups excluding carboxylic acids is 1. The lowest BCUT2D eigenvalue weighted by Gasteiger charge is -2.00. The highest BCUT2D eigenvalue weighted by Crippen LogP contribution is 2.19. The molecule has 2 rings (SSSR count). The number of hydrogen-bond donors (Lipinski definition) is 1. The molecule has 76 valence electrons. The van der Waals surface area contributed by atoms with Crippen LogP contribution in [0, 0.1) is 0 Å². The Hall–Kier alpha value is -2.17. The molecule has 0 bridgehead atoms. The third-order valence-corrected chi connectivity index (χ3v) is 2.00. The lowest BCUT2D eigenvalue weighted by molar-refractivity contribution is -0.105. The molecule has 0 saturated heterocycles. The van der Waals surface area contributed by atoms with Crippen LogP contribution in [0.3, 0.4) is 0 Å². The van der Waals surface area contributed by atoms with Gasteiger partial charge in [0.15, 0.2) is 0 Å². The molecule has 0 aliphatic heterocycles. The molecule has 0 radical (unpaired) electrons. The fourth-order valence-electron chi connectivity index (χ4n) is 1.32. The van der Waals surface area contributed by atoms with Crippen molar-refractivity contribution in [1.82, 2.24) is 14.8 Å². The number of nitrogens with zero attached hydrogens (tertiary/aromatic N) is 3. The van der Waals surface area contributed by atoms with E-state index in [9.17, 15) is 4.79 Å². The van der Waals surface area contributed by atoms with Crippen LogP contribution in [-0.2, 0) is 11.8 Å². The first-order chi connectivity index (χ1) is 7.29. The highest BCUT2D eigenvalue weighted by molar-refractivity contribution is 5.72. The van der Waals surface area contributed by atoms with Crippen molar-refractivity contribution >= 4 is 12.2 Å². The molecule has 5 nitrogen and oxygen atoms in total. The SMILES string of the molecule is Cn1cc(-c2ccnc(NC=O)c2)cn1. The van der Waals surface area contributed by atoms with Crippen LogP contribution in [0.2, 0.25) is 0 Å². The molecule has 15 heavy (non-hydrogen) atoms. The smallest absolute Gasteiger partial charge is 0.212 e. The van der Waals surface area contributed by atoms with E-state index < -0.39 is 0 Å². The Kier molecular flexibility index (Phi) is 2.45. The van der Waals surface area contributed by atoms with E-state index in [2.05, 4.69) is 15.4 Å². The number of anilines is 1. The van der Waals surface area contributed by atoms with Gasteiger partial charge < -0.3 is 5.32 Å². The Morgan fingerprint density at radius 2 is 2.33 bits per heavy atom. The third kappa shape index (κ3) is 2.01. The molecule has 0 atom stereocenters. The normalized spacial score (nSPS) is 9.93. The van der Waals surface area contributed by atoms with Crippen LogP contribution in [0.1, 0.15) is 0 Å². The minimum Gasteiger partial charge on any atom is -0.313 e. The molecule has 0 spiro atoms. The predicted octanol–water partition coefficient (Wildman–Crippen LogP) is 1.05. The summed E-state index contributed by atoms with van der Waals surface area (Å²) in [5.41, 5.74) is 1.97. The van der Waals surface area contributed by atoms with E-state index in [-0.39, 0.29) is 0 Å². The summed E-state index contributed by atoms with van der Waals surface area (Å²) in [7, 11) is 1.86. The van der Waals surface area contributed by atoms with Crippen LogP contribution in [0.4, 0.5) is 5.82 Å². The van der Waals surface area contributed by atoms with Crippen molar-refractivity contribution in [3.8, 4) is 11.1 Å². The maximum absolute atomic E-state index is 10.3. The van der Waals surface area contributed by atoms with Crippen LogP contribution in [0.15, 0.2) is 30.7 Å². The fourth-order valence-corrected chi connectivity index (χ4v) is 1.32. The molecule has 1 N–H and O–H groups in total. The quantitative estimate of drug-likeness (QED) is 0.757. The van der Waals surface area contributed by atoms with E-state index in [4.69, 9.17) is 0 Å². The van der Waals surface area contributed by atoms with Crippen molar-refractivity contribution in [3.63, 3.8) is 0 Å². The number of hydrogen-bond acceptors (Lipinski definition) is 3. The molecule has 2 aromatic rings. The largest absolute Gasteiger partial charge is 0.313 e. The second-order valence-corrected chi connectivity index (χ2v) is 3.09. The van der Waals surface area contributed by atoms with E-state index in [1.54, 1.807) is 23.1 Å². The Morgan fingerprint density at radius 3 is 3.00 bits per heavy atom. The van der Waals surface area contributed by atoms with Crippen molar-refractivity contribution < 1.29 is 4.79 Å². The molecule has 0 unspecified atom stereocenters. The standard InChI is InChI=1S/C10H10N4O/c1-14-6-9(5-13-14)8-2-3-11-10(4-8)12-7-15/h2-7H,1H3,(H,11,12,15). The number of aromatic nitrogens is 3. The van der Waals surface area contributed by atoms with Crippen molar-refractivity contribution in [2.24, 2.45) is 7.05 Å². The number of pyridine rings is 1. The van der Waals surface area contributed by atoms with Gasteiger partial charge in [0.1, 0.15) is 5.82 Å². The van der Waals surface area contributed by atoms with Crippen molar-refractivity contribution in [3.05, 3.63) is 30.7 Å². The molecule has 0 aromatic carbocycles. The fraction of sp³-hybridized carbons (Fsp3) is 0.100. The number of aryl methyl sites for hydroxylation is 1. The first-order valence-electron chi connectivity index (χ1n) is 4.45. The van der Waals surface area contributed by atoms with Crippen LogP contribution in [0.5, 0.6) is 0 Å². The van der Waals surface area contributed by atoms with Gasteiger partial charge in [0.2, 0.25) is 6.41 Å². The Morgan fingerprint density at radius 1 is 1.47 bits per heavy atom. The van der Waals surface area contributed by atoms with Gasteiger partial charge in [-0.2, -0.15) is 5.10 Å². The molecule has 5 heteroatoms. The van der Waals surface area contributed by atoms with Crippen molar-refractivity contribution in [1.29, 1.82) is 0 Å². The number of carbonyl (C=O) groups is 1. The molecule has 2 aromatic heterocycles. The van der Waals surface area contributed by atoms with E-state index in [1.807, 2.05) is 19.3 Å². The number of nitrogens with one attached hydrogen (secondary N) is 1. The first-order valence-corrected chi connectivity index (χ1v) is 4.45. The summed E-state index contributed by atoms with van der Waals surface area (Å²) in [6, 6.07) is 3.67. The summed E-state index contributed by atoms with van der Waals surface area (Å²) in [6.07, 6.45) is 5.92. The highest BCUT2D eigenvalue weighted by Gasteiger charge is 2.01. The second-order valence-electron chi connectivity index (χ2n) is 3.09. The van der Waals surface area contributed by atoms with Crippen LogP contribution in [0.25, 0.3) is 11.1 Å². The molecule has 0 fully saturated rings. The third-order valence-electron chi connectivity index (χ3n) is 2.00. The zero-order chi connectivity index (χ0) is 10.7. The predicted molar refractivity (Wildman–Crippen MR) is 56.1 cm³/mol.